The van der Waals surface area contributed by atoms with Gasteiger partial charge < -0.3 is 5.32 Å². The van der Waals surface area contributed by atoms with Crippen molar-refractivity contribution in [3.8, 4) is 0 Å². The van der Waals surface area contributed by atoms with E-state index in [1.165, 1.54) is 30.5 Å². The van der Waals surface area contributed by atoms with E-state index < -0.39 is 23.4 Å². The Morgan fingerprint density at radius 1 is 1.00 bits per heavy atom. The molecule has 29 heavy (non-hydrogen) atoms. The van der Waals surface area contributed by atoms with Crippen LogP contribution in [0.3, 0.4) is 0 Å². The van der Waals surface area contributed by atoms with Crippen LogP contribution in [0.4, 0.5) is 18.9 Å². The van der Waals surface area contributed by atoms with Gasteiger partial charge in [0.15, 0.2) is 0 Å². The number of nitrogens with one attached hydrogen (secondary N) is 1. The van der Waals surface area contributed by atoms with E-state index in [9.17, 15) is 18.0 Å². The average molecular weight is 398 g/mol. The maximum absolute atomic E-state index is 14.0. The Labute approximate surface area is 167 Å². The lowest BCUT2D eigenvalue weighted by molar-refractivity contribution is -0.116. The summed E-state index contributed by atoms with van der Waals surface area (Å²) < 4.78 is 41.3. The van der Waals surface area contributed by atoms with Crippen LogP contribution in [0.2, 0.25) is 0 Å². The summed E-state index contributed by atoms with van der Waals surface area (Å²) in [4.78, 5) is 16.5. The number of pyridine rings is 1. The molecule has 0 fully saturated rings. The van der Waals surface area contributed by atoms with Gasteiger partial charge in [-0.25, -0.2) is 13.2 Å². The van der Waals surface area contributed by atoms with Crippen LogP contribution in [-0.4, -0.2) is 10.9 Å². The number of carbonyl (C=O) groups excluding carboxylic acids is 1. The number of carbonyl (C=O) groups is 1. The van der Waals surface area contributed by atoms with E-state index >= 15 is 0 Å². The van der Waals surface area contributed by atoms with Crippen molar-refractivity contribution in [1.29, 1.82) is 0 Å². The normalized spacial score (nSPS) is 11.9. The zero-order valence-corrected chi connectivity index (χ0v) is 16.2. The van der Waals surface area contributed by atoms with Crippen LogP contribution in [0.5, 0.6) is 0 Å². The fourth-order valence-corrected chi connectivity index (χ4v) is 3.40. The fourth-order valence-electron chi connectivity index (χ4n) is 3.40. The highest BCUT2D eigenvalue weighted by molar-refractivity contribution is 5.92. The van der Waals surface area contributed by atoms with Crippen LogP contribution in [0.15, 0.2) is 54.9 Å². The molecule has 0 saturated heterocycles. The summed E-state index contributed by atoms with van der Waals surface area (Å²) in [7, 11) is 0. The Kier molecular flexibility index (Phi) is 6.32. The third-order valence-electron chi connectivity index (χ3n) is 4.76. The van der Waals surface area contributed by atoms with E-state index in [1.54, 1.807) is 32.0 Å². The van der Waals surface area contributed by atoms with Gasteiger partial charge in [0.1, 0.15) is 17.5 Å². The largest absolute Gasteiger partial charge is 0.324 e. The maximum atomic E-state index is 14.0. The first-order valence-electron chi connectivity index (χ1n) is 9.32. The summed E-state index contributed by atoms with van der Waals surface area (Å²) >= 11 is 0. The molecule has 3 nitrogen and oxygen atoms in total. The SMILES string of the molecule is CCc1c(F)cncc1NC(=O)C[C@@H](c1ccc(F)cc1)c1cc(C)cc(F)c1. The van der Waals surface area contributed by atoms with E-state index in [0.717, 1.165) is 11.8 Å². The van der Waals surface area contributed by atoms with Crippen molar-refractivity contribution in [1.82, 2.24) is 4.98 Å². The third-order valence-corrected chi connectivity index (χ3v) is 4.76. The van der Waals surface area contributed by atoms with Gasteiger partial charge in [-0.1, -0.05) is 25.1 Å². The van der Waals surface area contributed by atoms with E-state index in [2.05, 4.69) is 10.3 Å². The highest BCUT2D eigenvalue weighted by atomic mass is 19.1. The van der Waals surface area contributed by atoms with Crippen LogP contribution in [0.1, 0.15) is 41.5 Å². The number of anilines is 1. The van der Waals surface area contributed by atoms with Gasteiger partial charge in [-0.05, 0) is 54.3 Å². The lowest BCUT2D eigenvalue weighted by Crippen LogP contribution is -2.18. The summed E-state index contributed by atoms with van der Waals surface area (Å²) in [5.41, 5.74) is 2.69. The molecule has 0 saturated carbocycles. The first kappa shape index (κ1) is 20.6. The predicted octanol–water partition coefficient (Wildman–Crippen LogP) is 5.53. The second-order valence-electron chi connectivity index (χ2n) is 6.92. The zero-order chi connectivity index (χ0) is 21.0. The molecular formula is C23H21F3N2O. The lowest BCUT2D eigenvalue weighted by atomic mass is 9.87. The molecule has 0 unspecified atom stereocenters. The van der Waals surface area contributed by atoms with E-state index in [1.807, 2.05) is 0 Å². The molecule has 1 amide bonds. The number of nitrogens with zero attached hydrogens (tertiary/aromatic N) is 1. The number of hydrogen-bond donors (Lipinski definition) is 1. The van der Waals surface area contributed by atoms with Crippen LogP contribution in [0.25, 0.3) is 0 Å². The van der Waals surface area contributed by atoms with Gasteiger partial charge in [0.2, 0.25) is 5.91 Å². The molecule has 2 aromatic carbocycles. The molecule has 3 aromatic rings. The second kappa shape index (κ2) is 8.90. The molecule has 0 radical (unpaired) electrons. The molecule has 3 rings (SSSR count). The minimum Gasteiger partial charge on any atom is -0.324 e. The molecule has 1 atom stereocenters. The Balaban J connectivity index is 1.92. The van der Waals surface area contributed by atoms with Gasteiger partial charge in [-0.2, -0.15) is 0 Å². The smallest absolute Gasteiger partial charge is 0.225 e. The quantitative estimate of drug-likeness (QED) is 0.593. The maximum Gasteiger partial charge on any atom is 0.225 e. The molecule has 0 bridgehead atoms. The van der Waals surface area contributed by atoms with Crippen molar-refractivity contribution in [3.63, 3.8) is 0 Å². The van der Waals surface area contributed by atoms with E-state index in [4.69, 9.17) is 0 Å². The van der Waals surface area contributed by atoms with Gasteiger partial charge in [0, 0.05) is 17.9 Å². The van der Waals surface area contributed by atoms with Gasteiger partial charge in [0.25, 0.3) is 0 Å². The summed E-state index contributed by atoms with van der Waals surface area (Å²) in [6.45, 7) is 3.55. The highest BCUT2D eigenvalue weighted by Crippen LogP contribution is 2.30. The van der Waals surface area contributed by atoms with Gasteiger partial charge >= 0.3 is 0 Å². The van der Waals surface area contributed by atoms with Crippen LogP contribution >= 0.6 is 0 Å². The Morgan fingerprint density at radius 2 is 1.72 bits per heavy atom. The number of rotatable bonds is 6. The van der Waals surface area contributed by atoms with E-state index in [0.29, 0.717) is 28.8 Å². The molecule has 0 spiro atoms. The number of hydrogen-bond acceptors (Lipinski definition) is 2. The van der Waals surface area contributed by atoms with Gasteiger partial charge in [-0.3, -0.25) is 9.78 Å². The second-order valence-corrected chi connectivity index (χ2v) is 6.92. The summed E-state index contributed by atoms with van der Waals surface area (Å²) in [5, 5.41) is 2.70. The number of aromatic nitrogens is 1. The topological polar surface area (TPSA) is 42.0 Å². The monoisotopic (exact) mass is 398 g/mol. The number of halogens is 3. The van der Waals surface area contributed by atoms with Crippen molar-refractivity contribution >= 4 is 11.6 Å². The van der Waals surface area contributed by atoms with Crippen molar-refractivity contribution < 1.29 is 18.0 Å². The zero-order valence-electron chi connectivity index (χ0n) is 16.2. The molecular weight excluding hydrogens is 377 g/mol. The Morgan fingerprint density at radius 3 is 2.38 bits per heavy atom. The van der Waals surface area contributed by atoms with Crippen molar-refractivity contribution in [2.45, 2.75) is 32.6 Å². The highest BCUT2D eigenvalue weighted by Gasteiger charge is 2.21. The van der Waals surface area contributed by atoms with Crippen LogP contribution in [-0.2, 0) is 11.2 Å². The van der Waals surface area contributed by atoms with Crippen LogP contribution in [0, 0.1) is 24.4 Å². The molecule has 0 aliphatic rings. The fraction of sp³-hybridized carbons (Fsp3) is 0.217. The number of benzene rings is 2. The van der Waals surface area contributed by atoms with E-state index in [-0.39, 0.29) is 12.3 Å². The van der Waals surface area contributed by atoms with Crippen LogP contribution < -0.4 is 5.32 Å². The lowest BCUT2D eigenvalue weighted by Gasteiger charge is -2.19. The summed E-state index contributed by atoms with van der Waals surface area (Å²) in [5.74, 6) is -2.15. The Bertz CT molecular complexity index is 999. The summed E-state index contributed by atoms with van der Waals surface area (Å²) in [6.07, 6.45) is 2.88. The standard InChI is InChI=1S/C23H21F3N2O/c1-3-19-21(26)12-27-13-22(19)28-23(29)11-20(15-4-6-17(24)7-5-15)16-8-14(2)9-18(25)10-16/h4-10,12-13,20H,3,11H2,1-2H3,(H,28,29)/t20-/m0/s1. The minimum absolute atomic E-state index is 0.0196. The Hall–Kier alpha value is -3.15. The van der Waals surface area contributed by atoms with Gasteiger partial charge in [0.05, 0.1) is 18.1 Å². The van der Waals surface area contributed by atoms with Gasteiger partial charge in [-0.15, -0.1) is 0 Å². The molecule has 150 valence electrons. The predicted molar refractivity (Wildman–Crippen MR) is 106 cm³/mol. The number of aryl methyl sites for hydroxylation is 1. The molecule has 1 N–H and O–H groups in total. The first-order chi connectivity index (χ1) is 13.9. The molecule has 0 aliphatic heterocycles. The molecule has 1 heterocycles. The molecule has 1 aromatic heterocycles. The average Bonchev–Trinajstić information content (AvgIpc) is 2.66. The first-order valence-corrected chi connectivity index (χ1v) is 9.32. The molecule has 0 aliphatic carbocycles. The van der Waals surface area contributed by atoms with Crippen molar-refractivity contribution in [2.75, 3.05) is 5.32 Å². The minimum atomic E-state index is -0.489. The van der Waals surface area contributed by atoms with Crippen molar-refractivity contribution in [3.05, 3.63) is 94.6 Å². The number of amides is 1. The third kappa shape index (κ3) is 5.02. The van der Waals surface area contributed by atoms with Crippen molar-refractivity contribution in [2.24, 2.45) is 0 Å². The summed E-state index contributed by atoms with van der Waals surface area (Å²) in [6, 6.07) is 10.3. The molecule has 6 heteroatoms.